The maximum absolute atomic E-state index is 12.4. The summed E-state index contributed by atoms with van der Waals surface area (Å²) in [6.45, 7) is -0.483. The van der Waals surface area contributed by atoms with E-state index in [-0.39, 0.29) is 48.3 Å². The lowest BCUT2D eigenvalue weighted by molar-refractivity contribution is -0.0504. The molecule has 0 bridgehead atoms. The van der Waals surface area contributed by atoms with Crippen molar-refractivity contribution in [1.82, 2.24) is 5.32 Å². The van der Waals surface area contributed by atoms with Gasteiger partial charge >= 0.3 is 6.61 Å². The van der Waals surface area contributed by atoms with Crippen molar-refractivity contribution in [3.63, 3.8) is 0 Å². The van der Waals surface area contributed by atoms with Gasteiger partial charge in [0, 0.05) is 18.7 Å². The van der Waals surface area contributed by atoms with Gasteiger partial charge in [0.1, 0.15) is 11.5 Å². The van der Waals surface area contributed by atoms with E-state index in [4.69, 9.17) is 15.2 Å². The first-order valence-corrected chi connectivity index (χ1v) is 6.63. The molecule has 1 unspecified atom stereocenters. The van der Waals surface area contributed by atoms with Gasteiger partial charge < -0.3 is 25.3 Å². The number of hydrogen-bond acceptors (Lipinski definition) is 4. The molecule has 9 heteroatoms. The van der Waals surface area contributed by atoms with Gasteiger partial charge in [0.15, 0.2) is 5.96 Å². The van der Waals surface area contributed by atoms with E-state index in [9.17, 15) is 8.78 Å². The van der Waals surface area contributed by atoms with E-state index in [1.165, 1.54) is 19.2 Å². The number of hydrogen-bond donors (Lipinski definition) is 2. The summed E-state index contributed by atoms with van der Waals surface area (Å²) in [5.74, 6) is 0.749. The topological polar surface area (TPSA) is 78.1 Å². The second kappa shape index (κ2) is 11.2. The molecule has 0 aliphatic rings. The molecule has 0 saturated carbocycles. The molecule has 0 radical (unpaired) electrons. The number of aliphatic imine (C=N–C) groups is 1. The first-order chi connectivity index (χ1) is 10.5. The van der Waals surface area contributed by atoms with Gasteiger partial charge in [-0.25, -0.2) is 4.99 Å². The van der Waals surface area contributed by atoms with Gasteiger partial charge in [0.05, 0.1) is 20.3 Å². The van der Waals surface area contributed by atoms with Crippen molar-refractivity contribution in [2.45, 2.75) is 26.1 Å². The van der Waals surface area contributed by atoms with Crippen LogP contribution in [0.4, 0.5) is 8.78 Å². The third kappa shape index (κ3) is 8.16. The third-order valence-electron chi connectivity index (χ3n) is 2.71. The average molecular weight is 445 g/mol. The Balaban J connectivity index is 0.00000484. The van der Waals surface area contributed by atoms with E-state index in [2.05, 4.69) is 15.0 Å². The largest absolute Gasteiger partial charge is 0.497 e. The first kappa shape index (κ1) is 21.6. The lowest BCUT2D eigenvalue weighted by atomic mass is 10.2. The summed E-state index contributed by atoms with van der Waals surface area (Å²) < 4.78 is 39.3. The lowest BCUT2D eigenvalue weighted by Crippen LogP contribution is -2.40. The van der Waals surface area contributed by atoms with E-state index in [0.717, 1.165) is 0 Å². The normalized spacial score (nSPS) is 12.5. The SMILES string of the molecule is COCC(C)NC(N)=NCc1cc(OC)ccc1OC(F)F.I. The zero-order valence-corrected chi connectivity index (χ0v) is 15.5. The number of nitrogens with zero attached hydrogens (tertiary/aromatic N) is 1. The standard InChI is InChI=1S/C14H21F2N3O3.HI/c1-9(8-20-2)19-14(17)18-7-10-6-11(21-3)4-5-12(10)22-13(15)16;/h4-6,9,13H,7-8H2,1-3H3,(H3,17,18,19);1H. The Hall–Kier alpha value is -1.36. The van der Waals surface area contributed by atoms with Crippen molar-refractivity contribution in [2.24, 2.45) is 10.7 Å². The van der Waals surface area contributed by atoms with Crippen LogP contribution in [0.25, 0.3) is 0 Å². The fourth-order valence-corrected chi connectivity index (χ4v) is 1.78. The van der Waals surface area contributed by atoms with Gasteiger partial charge in [-0.1, -0.05) is 0 Å². The molecule has 1 aromatic rings. The highest BCUT2D eigenvalue weighted by Crippen LogP contribution is 2.26. The summed E-state index contributed by atoms with van der Waals surface area (Å²) in [6, 6.07) is 4.50. The van der Waals surface area contributed by atoms with Gasteiger partial charge in [0.2, 0.25) is 0 Å². The molecule has 1 rings (SSSR count). The molecule has 0 spiro atoms. The van der Waals surface area contributed by atoms with Crippen LogP contribution in [0.2, 0.25) is 0 Å². The van der Waals surface area contributed by atoms with Crippen LogP contribution in [0.15, 0.2) is 23.2 Å². The smallest absolute Gasteiger partial charge is 0.387 e. The molecular formula is C14H22F2IN3O3. The van der Waals surface area contributed by atoms with Crippen LogP contribution in [-0.2, 0) is 11.3 Å². The molecule has 6 nitrogen and oxygen atoms in total. The number of rotatable bonds is 8. The van der Waals surface area contributed by atoms with Crippen molar-refractivity contribution in [2.75, 3.05) is 20.8 Å². The van der Waals surface area contributed by atoms with Crippen LogP contribution < -0.4 is 20.5 Å². The molecule has 0 aliphatic carbocycles. The Bertz CT molecular complexity index is 504. The molecule has 0 aliphatic heterocycles. The van der Waals surface area contributed by atoms with Crippen LogP contribution in [0.3, 0.4) is 0 Å². The van der Waals surface area contributed by atoms with Gasteiger partial charge in [0.25, 0.3) is 0 Å². The van der Waals surface area contributed by atoms with Crippen molar-refractivity contribution >= 4 is 29.9 Å². The van der Waals surface area contributed by atoms with E-state index in [1.807, 2.05) is 6.92 Å². The van der Waals surface area contributed by atoms with Crippen LogP contribution in [0.1, 0.15) is 12.5 Å². The second-order valence-corrected chi connectivity index (χ2v) is 4.55. The number of nitrogens with two attached hydrogens (primary N) is 1. The molecule has 23 heavy (non-hydrogen) atoms. The highest BCUT2D eigenvalue weighted by molar-refractivity contribution is 14.0. The van der Waals surface area contributed by atoms with Crippen LogP contribution >= 0.6 is 24.0 Å². The number of methoxy groups -OCH3 is 2. The molecular weight excluding hydrogens is 423 g/mol. The van der Waals surface area contributed by atoms with Gasteiger partial charge in [-0.05, 0) is 25.1 Å². The van der Waals surface area contributed by atoms with Crippen molar-refractivity contribution in [3.05, 3.63) is 23.8 Å². The zero-order chi connectivity index (χ0) is 16.5. The maximum Gasteiger partial charge on any atom is 0.387 e. The number of nitrogens with one attached hydrogen (secondary N) is 1. The highest BCUT2D eigenvalue weighted by Gasteiger charge is 2.11. The van der Waals surface area contributed by atoms with Crippen LogP contribution in [0, 0.1) is 0 Å². The number of ether oxygens (including phenoxy) is 3. The molecule has 0 saturated heterocycles. The summed E-state index contributed by atoms with van der Waals surface area (Å²) >= 11 is 0. The van der Waals surface area contributed by atoms with E-state index < -0.39 is 6.61 Å². The molecule has 0 heterocycles. The molecule has 0 amide bonds. The van der Waals surface area contributed by atoms with Crippen LogP contribution in [0.5, 0.6) is 11.5 Å². The highest BCUT2D eigenvalue weighted by atomic mass is 127. The predicted octanol–water partition coefficient (Wildman–Crippen LogP) is 2.35. The molecule has 0 fully saturated rings. The zero-order valence-electron chi connectivity index (χ0n) is 13.2. The lowest BCUT2D eigenvalue weighted by Gasteiger charge is -2.14. The maximum atomic E-state index is 12.4. The Morgan fingerprint density at radius 1 is 1.35 bits per heavy atom. The van der Waals surface area contributed by atoms with Gasteiger partial charge in [-0.2, -0.15) is 8.78 Å². The summed E-state index contributed by atoms with van der Waals surface area (Å²) in [5.41, 5.74) is 6.19. The Kier molecular flexibility index (Phi) is 10.6. The molecule has 132 valence electrons. The fourth-order valence-electron chi connectivity index (χ4n) is 1.78. The van der Waals surface area contributed by atoms with Crippen molar-refractivity contribution in [1.29, 1.82) is 0 Å². The summed E-state index contributed by atoms with van der Waals surface area (Å²) in [5, 5.41) is 2.92. The fraction of sp³-hybridized carbons (Fsp3) is 0.500. The monoisotopic (exact) mass is 445 g/mol. The quantitative estimate of drug-likeness (QED) is 0.365. The van der Waals surface area contributed by atoms with Gasteiger partial charge in [-0.3, -0.25) is 0 Å². The number of alkyl halides is 2. The Morgan fingerprint density at radius 2 is 2.04 bits per heavy atom. The minimum Gasteiger partial charge on any atom is -0.497 e. The molecule has 3 N–H and O–H groups in total. The van der Waals surface area contributed by atoms with Crippen molar-refractivity contribution < 1.29 is 23.0 Å². The van der Waals surface area contributed by atoms with E-state index in [1.54, 1.807) is 13.2 Å². The predicted molar refractivity (Wildman–Crippen MR) is 94.8 cm³/mol. The Labute approximate surface area is 151 Å². The molecule has 1 aromatic carbocycles. The molecule has 1 atom stereocenters. The van der Waals surface area contributed by atoms with Gasteiger partial charge in [-0.15, -0.1) is 24.0 Å². The summed E-state index contributed by atoms with van der Waals surface area (Å²) in [4.78, 5) is 4.11. The second-order valence-electron chi connectivity index (χ2n) is 4.55. The summed E-state index contributed by atoms with van der Waals surface area (Å²) in [6.07, 6.45) is 0. The summed E-state index contributed by atoms with van der Waals surface area (Å²) in [7, 11) is 3.06. The van der Waals surface area contributed by atoms with E-state index in [0.29, 0.717) is 17.9 Å². The number of benzene rings is 1. The number of halogens is 3. The molecule has 0 aromatic heterocycles. The number of guanidine groups is 1. The minimum atomic E-state index is -2.91. The first-order valence-electron chi connectivity index (χ1n) is 6.63. The third-order valence-corrected chi connectivity index (χ3v) is 2.71. The van der Waals surface area contributed by atoms with Crippen LogP contribution in [-0.4, -0.2) is 39.4 Å². The average Bonchev–Trinajstić information content (AvgIpc) is 2.45. The van der Waals surface area contributed by atoms with E-state index >= 15 is 0 Å². The van der Waals surface area contributed by atoms with Crippen molar-refractivity contribution in [3.8, 4) is 11.5 Å². The minimum absolute atomic E-state index is 0. The Morgan fingerprint density at radius 3 is 2.61 bits per heavy atom.